The summed E-state index contributed by atoms with van der Waals surface area (Å²) < 4.78 is 13.1. The largest absolute Gasteiger partial charge is 0.397 e. The fourth-order valence-electron chi connectivity index (χ4n) is 1.81. The molecule has 2 aromatic carbocycles. The standard InChI is InChI=1S/C13H14FN3/c1-9-7-10(14)8-12(15)13(9)17(16)11-5-3-2-4-6-11/h2-8H,15-16H2,1H3. The molecular weight excluding hydrogens is 217 g/mol. The van der Waals surface area contributed by atoms with Crippen LogP contribution in [0.1, 0.15) is 5.56 Å². The molecular formula is C13H14FN3. The highest BCUT2D eigenvalue weighted by Gasteiger charge is 2.12. The van der Waals surface area contributed by atoms with Gasteiger partial charge in [-0.3, -0.25) is 5.01 Å². The fourth-order valence-corrected chi connectivity index (χ4v) is 1.81. The Morgan fingerprint density at radius 2 is 1.76 bits per heavy atom. The monoisotopic (exact) mass is 231 g/mol. The minimum atomic E-state index is -0.356. The lowest BCUT2D eigenvalue weighted by atomic mass is 10.1. The first-order valence-electron chi connectivity index (χ1n) is 5.25. The molecule has 0 radical (unpaired) electrons. The Labute approximate surface area is 99.4 Å². The minimum absolute atomic E-state index is 0.328. The maximum atomic E-state index is 13.1. The number of anilines is 3. The lowest BCUT2D eigenvalue weighted by Crippen LogP contribution is -2.26. The van der Waals surface area contributed by atoms with E-state index in [4.69, 9.17) is 11.6 Å². The molecule has 0 atom stereocenters. The zero-order valence-corrected chi connectivity index (χ0v) is 9.52. The van der Waals surface area contributed by atoms with Gasteiger partial charge in [0.2, 0.25) is 0 Å². The van der Waals surface area contributed by atoms with Crippen LogP contribution < -0.4 is 16.6 Å². The highest BCUT2D eigenvalue weighted by molar-refractivity contribution is 5.76. The summed E-state index contributed by atoms with van der Waals surface area (Å²) in [5, 5.41) is 1.46. The number of aryl methyl sites for hydroxylation is 1. The van der Waals surface area contributed by atoms with Gasteiger partial charge in [0, 0.05) is 0 Å². The number of nitrogens with two attached hydrogens (primary N) is 2. The van der Waals surface area contributed by atoms with Crippen LogP contribution in [0.15, 0.2) is 42.5 Å². The molecule has 2 aromatic rings. The predicted molar refractivity (Wildman–Crippen MR) is 68.3 cm³/mol. The van der Waals surface area contributed by atoms with Crippen LogP contribution >= 0.6 is 0 Å². The van der Waals surface area contributed by atoms with Gasteiger partial charge in [-0.15, -0.1) is 0 Å². The maximum Gasteiger partial charge on any atom is 0.125 e. The molecule has 0 aromatic heterocycles. The van der Waals surface area contributed by atoms with Crippen molar-refractivity contribution in [2.45, 2.75) is 6.92 Å². The summed E-state index contributed by atoms with van der Waals surface area (Å²) in [6, 6.07) is 12.1. The molecule has 4 N–H and O–H groups in total. The number of para-hydroxylation sites is 1. The summed E-state index contributed by atoms with van der Waals surface area (Å²) >= 11 is 0. The second-order valence-electron chi connectivity index (χ2n) is 3.87. The summed E-state index contributed by atoms with van der Waals surface area (Å²) in [7, 11) is 0. The van der Waals surface area contributed by atoms with Crippen molar-refractivity contribution in [1.29, 1.82) is 0 Å². The third-order valence-corrected chi connectivity index (χ3v) is 2.57. The number of nitrogen functional groups attached to an aromatic ring is 1. The zero-order chi connectivity index (χ0) is 12.4. The molecule has 0 aliphatic rings. The predicted octanol–water partition coefficient (Wildman–Crippen LogP) is 2.73. The average Bonchev–Trinajstić information content (AvgIpc) is 2.28. The van der Waals surface area contributed by atoms with Crippen LogP contribution in [-0.4, -0.2) is 0 Å². The normalized spacial score (nSPS) is 10.3. The number of nitrogens with zero attached hydrogens (tertiary/aromatic N) is 1. The van der Waals surface area contributed by atoms with Crippen LogP contribution in [0.3, 0.4) is 0 Å². The van der Waals surface area contributed by atoms with Gasteiger partial charge in [0.25, 0.3) is 0 Å². The quantitative estimate of drug-likeness (QED) is 0.474. The van der Waals surface area contributed by atoms with E-state index in [2.05, 4.69) is 0 Å². The number of hydrogen-bond acceptors (Lipinski definition) is 3. The first-order chi connectivity index (χ1) is 8.09. The van der Waals surface area contributed by atoms with Gasteiger partial charge in [-0.05, 0) is 36.8 Å². The summed E-state index contributed by atoms with van der Waals surface area (Å²) in [6.45, 7) is 1.78. The number of benzene rings is 2. The van der Waals surface area contributed by atoms with E-state index in [-0.39, 0.29) is 5.82 Å². The van der Waals surface area contributed by atoms with Gasteiger partial charge in [-0.2, -0.15) is 0 Å². The van der Waals surface area contributed by atoms with E-state index in [0.717, 1.165) is 5.69 Å². The maximum absolute atomic E-state index is 13.1. The second-order valence-corrected chi connectivity index (χ2v) is 3.87. The SMILES string of the molecule is Cc1cc(F)cc(N)c1N(N)c1ccccc1. The lowest BCUT2D eigenvalue weighted by molar-refractivity contribution is 0.627. The van der Waals surface area contributed by atoms with Crippen molar-refractivity contribution >= 4 is 17.1 Å². The molecule has 0 amide bonds. The Morgan fingerprint density at radius 1 is 1.12 bits per heavy atom. The molecule has 0 bridgehead atoms. The van der Waals surface area contributed by atoms with E-state index < -0.39 is 0 Å². The van der Waals surface area contributed by atoms with Gasteiger partial charge < -0.3 is 5.73 Å². The Balaban J connectivity index is 2.48. The molecule has 0 aliphatic carbocycles. The van der Waals surface area contributed by atoms with Crippen molar-refractivity contribution in [3.8, 4) is 0 Å². The van der Waals surface area contributed by atoms with E-state index in [1.807, 2.05) is 30.3 Å². The Hall–Kier alpha value is -2.07. The average molecular weight is 231 g/mol. The Morgan fingerprint density at radius 3 is 2.35 bits per heavy atom. The van der Waals surface area contributed by atoms with Crippen LogP contribution in [0, 0.1) is 12.7 Å². The molecule has 17 heavy (non-hydrogen) atoms. The van der Waals surface area contributed by atoms with E-state index in [9.17, 15) is 4.39 Å². The zero-order valence-electron chi connectivity index (χ0n) is 9.52. The molecule has 3 nitrogen and oxygen atoms in total. The number of hydrogen-bond donors (Lipinski definition) is 2. The third-order valence-electron chi connectivity index (χ3n) is 2.57. The molecule has 0 aliphatic heterocycles. The van der Waals surface area contributed by atoms with Gasteiger partial charge in [-0.25, -0.2) is 10.2 Å². The van der Waals surface area contributed by atoms with Crippen molar-refractivity contribution in [3.05, 3.63) is 53.8 Å². The van der Waals surface area contributed by atoms with Crippen molar-refractivity contribution in [2.24, 2.45) is 5.84 Å². The Bertz CT molecular complexity index is 502. The first-order valence-corrected chi connectivity index (χ1v) is 5.25. The highest BCUT2D eigenvalue weighted by atomic mass is 19.1. The summed E-state index contributed by atoms with van der Waals surface area (Å²) in [5.41, 5.74) is 8.25. The molecule has 0 saturated carbocycles. The van der Waals surface area contributed by atoms with Gasteiger partial charge in [0.05, 0.1) is 17.1 Å². The lowest BCUT2D eigenvalue weighted by Gasteiger charge is -2.22. The third kappa shape index (κ3) is 2.21. The van der Waals surface area contributed by atoms with E-state index in [0.29, 0.717) is 16.9 Å². The molecule has 0 unspecified atom stereocenters. The first kappa shape index (κ1) is 11.4. The fraction of sp³-hybridized carbons (Fsp3) is 0.0769. The van der Waals surface area contributed by atoms with Crippen LogP contribution in [0.2, 0.25) is 0 Å². The van der Waals surface area contributed by atoms with Crippen molar-refractivity contribution in [2.75, 3.05) is 10.7 Å². The minimum Gasteiger partial charge on any atom is -0.397 e. The number of rotatable bonds is 2. The molecule has 2 rings (SSSR count). The van der Waals surface area contributed by atoms with Gasteiger partial charge in [-0.1, -0.05) is 18.2 Å². The molecule has 88 valence electrons. The van der Waals surface area contributed by atoms with Crippen molar-refractivity contribution in [1.82, 2.24) is 0 Å². The summed E-state index contributed by atoms with van der Waals surface area (Å²) in [4.78, 5) is 0. The van der Waals surface area contributed by atoms with Gasteiger partial charge in [0.15, 0.2) is 0 Å². The van der Waals surface area contributed by atoms with Crippen LogP contribution in [0.4, 0.5) is 21.5 Å². The molecule has 0 spiro atoms. The van der Waals surface area contributed by atoms with E-state index in [1.54, 1.807) is 6.92 Å². The number of halogens is 1. The molecule has 0 saturated heterocycles. The van der Waals surface area contributed by atoms with Gasteiger partial charge >= 0.3 is 0 Å². The Kier molecular flexibility index (Phi) is 2.97. The van der Waals surface area contributed by atoms with Crippen LogP contribution in [0.5, 0.6) is 0 Å². The topological polar surface area (TPSA) is 55.3 Å². The summed E-state index contributed by atoms with van der Waals surface area (Å²) in [5.74, 6) is 5.64. The number of hydrazine groups is 1. The van der Waals surface area contributed by atoms with E-state index >= 15 is 0 Å². The van der Waals surface area contributed by atoms with Crippen LogP contribution in [0.25, 0.3) is 0 Å². The van der Waals surface area contributed by atoms with Crippen LogP contribution in [-0.2, 0) is 0 Å². The smallest absolute Gasteiger partial charge is 0.125 e. The molecule has 0 fully saturated rings. The summed E-state index contributed by atoms with van der Waals surface area (Å²) in [6.07, 6.45) is 0. The van der Waals surface area contributed by atoms with E-state index in [1.165, 1.54) is 17.1 Å². The van der Waals surface area contributed by atoms with Crippen molar-refractivity contribution in [3.63, 3.8) is 0 Å². The van der Waals surface area contributed by atoms with Gasteiger partial charge in [0.1, 0.15) is 5.82 Å². The van der Waals surface area contributed by atoms with Crippen molar-refractivity contribution < 1.29 is 4.39 Å². The second kappa shape index (κ2) is 4.43. The molecule has 0 heterocycles. The highest BCUT2D eigenvalue weighted by Crippen LogP contribution is 2.31. The molecule has 4 heteroatoms.